The highest BCUT2D eigenvalue weighted by molar-refractivity contribution is 7.91. The summed E-state index contributed by atoms with van der Waals surface area (Å²) in [5.74, 6) is 0.111. The first-order chi connectivity index (χ1) is 11.7. The zero-order valence-corrected chi connectivity index (χ0v) is 17.3. The van der Waals surface area contributed by atoms with Gasteiger partial charge in [0.05, 0.1) is 6.04 Å². The average molecular weight is 388 g/mol. The molecule has 0 bridgehead atoms. The Morgan fingerprint density at radius 3 is 2.08 bits per heavy atom. The molecule has 0 aliphatic carbocycles. The van der Waals surface area contributed by atoms with Gasteiger partial charge in [0.2, 0.25) is 5.91 Å². The van der Waals surface area contributed by atoms with Gasteiger partial charge in [-0.05, 0) is 46.1 Å². The topological polar surface area (TPSA) is 60.9 Å². The molecule has 142 valence electrons. The highest BCUT2D eigenvalue weighted by atomic mass is 32.2. The number of hydrogen-bond acceptors (Lipinski definition) is 5. The van der Waals surface area contributed by atoms with Crippen molar-refractivity contribution in [2.24, 2.45) is 0 Å². The van der Waals surface area contributed by atoms with Gasteiger partial charge in [-0.15, -0.1) is 11.3 Å². The monoisotopic (exact) mass is 387 g/mol. The van der Waals surface area contributed by atoms with E-state index in [2.05, 4.69) is 4.90 Å². The molecule has 1 aromatic heterocycles. The van der Waals surface area contributed by atoms with E-state index in [1.807, 2.05) is 39.5 Å². The number of amides is 1. The van der Waals surface area contributed by atoms with E-state index < -0.39 is 10.0 Å². The van der Waals surface area contributed by atoms with Gasteiger partial charge in [-0.3, -0.25) is 9.69 Å². The van der Waals surface area contributed by atoms with Crippen LogP contribution in [0.1, 0.15) is 34.6 Å². The summed E-state index contributed by atoms with van der Waals surface area (Å²) in [6.07, 6.45) is 0. The first-order valence-corrected chi connectivity index (χ1v) is 11.1. The lowest BCUT2D eigenvalue weighted by Gasteiger charge is -2.40. The van der Waals surface area contributed by atoms with Crippen molar-refractivity contribution in [2.75, 3.05) is 26.2 Å². The maximum Gasteiger partial charge on any atom is 0.252 e. The molecular formula is C17H29N3O3S2. The predicted octanol–water partition coefficient (Wildman–Crippen LogP) is 2.09. The Hall–Kier alpha value is -0.960. The van der Waals surface area contributed by atoms with Gasteiger partial charge in [-0.1, -0.05) is 6.07 Å². The SMILES string of the molecule is CC(C)N(C(=O)[C@H](C)N1CCN(S(=O)(=O)c2cccs2)CC1)C(C)C. The third kappa shape index (κ3) is 4.42. The lowest BCUT2D eigenvalue weighted by atomic mass is 10.1. The predicted molar refractivity (Wildman–Crippen MR) is 101 cm³/mol. The fourth-order valence-corrected chi connectivity index (χ4v) is 5.91. The van der Waals surface area contributed by atoms with E-state index in [0.717, 1.165) is 0 Å². The minimum atomic E-state index is -3.40. The molecule has 1 aliphatic rings. The number of piperazine rings is 1. The molecule has 1 amide bonds. The normalized spacial score (nSPS) is 18.7. The third-order valence-electron chi connectivity index (χ3n) is 4.63. The summed E-state index contributed by atoms with van der Waals surface area (Å²) in [4.78, 5) is 16.8. The van der Waals surface area contributed by atoms with Gasteiger partial charge in [0, 0.05) is 38.3 Å². The molecule has 2 rings (SSSR count). The van der Waals surface area contributed by atoms with Crippen molar-refractivity contribution in [3.63, 3.8) is 0 Å². The van der Waals surface area contributed by atoms with Crippen molar-refractivity contribution >= 4 is 27.3 Å². The quantitative estimate of drug-likeness (QED) is 0.750. The van der Waals surface area contributed by atoms with E-state index in [4.69, 9.17) is 0 Å². The van der Waals surface area contributed by atoms with Gasteiger partial charge in [0.25, 0.3) is 10.0 Å². The summed E-state index contributed by atoms with van der Waals surface area (Å²) >= 11 is 1.24. The van der Waals surface area contributed by atoms with Crippen LogP contribution in [0.5, 0.6) is 0 Å². The van der Waals surface area contributed by atoms with Crippen molar-refractivity contribution in [3.8, 4) is 0 Å². The van der Waals surface area contributed by atoms with E-state index in [1.54, 1.807) is 17.5 Å². The Bertz CT molecular complexity index is 655. The smallest absolute Gasteiger partial charge is 0.252 e. The molecule has 1 saturated heterocycles. The highest BCUT2D eigenvalue weighted by Crippen LogP contribution is 2.23. The Morgan fingerprint density at radius 1 is 1.08 bits per heavy atom. The van der Waals surface area contributed by atoms with Crippen LogP contribution in [0.4, 0.5) is 0 Å². The summed E-state index contributed by atoms with van der Waals surface area (Å²) in [6, 6.07) is 3.45. The zero-order valence-electron chi connectivity index (χ0n) is 15.7. The van der Waals surface area contributed by atoms with Crippen LogP contribution >= 0.6 is 11.3 Å². The summed E-state index contributed by atoms with van der Waals surface area (Å²) in [6.45, 7) is 12.0. The first-order valence-electron chi connectivity index (χ1n) is 8.76. The van der Waals surface area contributed by atoms with Crippen LogP contribution in [0, 0.1) is 0 Å². The largest absolute Gasteiger partial charge is 0.336 e. The lowest BCUT2D eigenvalue weighted by Crippen LogP contribution is -2.57. The highest BCUT2D eigenvalue weighted by Gasteiger charge is 2.34. The standard InChI is InChI=1S/C17H29N3O3S2/c1-13(2)20(14(3)4)17(21)15(5)18-8-10-19(11-9-18)25(22,23)16-7-6-12-24-16/h6-7,12-15H,8-11H2,1-5H3/t15-/m0/s1. The van der Waals surface area contributed by atoms with Crippen LogP contribution in [-0.4, -0.2) is 72.7 Å². The van der Waals surface area contributed by atoms with Crippen molar-refractivity contribution < 1.29 is 13.2 Å². The summed E-state index contributed by atoms with van der Waals surface area (Å²) < 4.78 is 27.1. The zero-order chi connectivity index (χ0) is 18.8. The molecule has 0 N–H and O–H groups in total. The number of thiophene rings is 1. The molecule has 0 aromatic carbocycles. The average Bonchev–Trinajstić information content (AvgIpc) is 3.08. The number of sulfonamides is 1. The first kappa shape index (κ1) is 20.4. The number of carbonyl (C=O) groups is 1. The second kappa shape index (κ2) is 8.16. The van der Waals surface area contributed by atoms with Crippen LogP contribution in [0.15, 0.2) is 21.7 Å². The van der Waals surface area contributed by atoms with Gasteiger partial charge in [0.15, 0.2) is 0 Å². The minimum absolute atomic E-state index is 0.111. The molecule has 1 aromatic rings. The van der Waals surface area contributed by atoms with E-state index in [9.17, 15) is 13.2 Å². The second-order valence-corrected chi connectivity index (χ2v) is 10.1. The molecule has 1 fully saturated rings. The molecule has 0 unspecified atom stereocenters. The Kier molecular flexibility index (Phi) is 6.64. The number of rotatable bonds is 6. The van der Waals surface area contributed by atoms with Crippen molar-refractivity contribution in [2.45, 2.75) is 57.0 Å². The molecular weight excluding hydrogens is 358 g/mol. The molecule has 1 aliphatic heterocycles. The molecule has 6 nitrogen and oxygen atoms in total. The number of nitrogens with zero attached hydrogens (tertiary/aromatic N) is 3. The van der Waals surface area contributed by atoms with E-state index >= 15 is 0 Å². The van der Waals surface area contributed by atoms with Crippen molar-refractivity contribution in [1.29, 1.82) is 0 Å². The van der Waals surface area contributed by atoms with Crippen molar-refractivity contribution in [3.05, 3.63) is 17.5 Å². The van der Waals surface area contributed by atoms with Crippen LogP contribution in [0.25, 0.3) is 0 Å². The lowest BCUT2D eigenvalue weighted by molar-refractivity contribution is -0.140. The van der Waals surface area contributed by atoms with Crippen molar-refractivity contribution in [1.82, 2.24) is 14.1 Å². The fourth-order valence-electron chi connectivity index (χ4n) is 3.35. The Morgan fingerprint density at radius 2 is 1.64 bits per heavy atom. The second-order valence-electron chi connectivity index (χ2n) is 6.98. The third-order valence-corrected chi connectivity index (χ3v) is 7.91. The van der Waals surface area contributed by atoms with Crippen LogP contribution in [0.3, 0.4) is 0 Å². The Labute approximate surface area is 155 Å². The van der Waals surface area contributed by atoms with E-state index in [0.29, 0.717) is 30.4 Å². The minimum Gasteiger partial charge on any atom is -0.336 e. The van der Waals surface area contributed by atoms with Gasteiger partial charge >= 0.3 is 0 Å². The summed E-state index contributed by atoms with van der Waals surface area (Å²) in [5.41, 5.74) is 0. The van der Waals surface area contributed by atoms with Gasteiger partial charge in [-0.25, -0.2) is 8.42 Å². The molecule has 8 heteroatoms. The van der Waals surface area contributed by atoms with Gasteiger partial charge in [-0.2, -0.15) is 4.31 Å². The van der Waals surface area contributed by atoms with E-state index in [1.165, 1.54) is 15.6 Å². The van der Waals surface area contributed by atoms with Crippen LogP contribution < -0.4 is 0 Å². The fraction of sp³-hybridized carbons (Fsp3) is 0.706. The van der Waals surface area contributed by atoms with Gasteiger partial charge in [0.1, 0.15) is 4.21 Å². The number of carbonyl (C=O) groups excluding carboxylic acids is 1. The molecule has 0 radical (unpaired) electrons. The van der Waals surface area contributed by atoms with Gasteiger partial charge < -0.3 is 4.90 Å². The number of hydrogen-bond donors (Lipinski definition) is 0. The maximum atomic E-state index is 12.8. The van der Waals surface area contributed by atoms with Crippen LogP contribution in [0.2, 0.25) is 0 Å². The maximum absolute atomic E-state index is 12.8. The molecule has 2 heterocycles. The summed E-state index contributed by atoms with van der Waals surface area (Å²) in [7, 11) is -3.40. The molecule has 0 spiro atoms. The summed E-state index contributed by atoms with van der Waals surface area (Å²) in [5, 5.41) is 1.77. The molecule has 25 heavy (non-hydrogen) atoms. The van der Waals surface area contributed by atoms with E-state index in [-0.39, 0.29) is 24.0 Å². The molecule has 0 saturated carbocycles. The molecule has 1 atom stereocenters. The van der Waals surface area contributed by atoms with Crippen LogP contribution in [-0.2, 0) is 14.8 Å². The Balaban J connectivity index is 2.01.